The van der Waals surface area contributed by atoms with E-state index in [1.54, 1.807) is 24.3 Å². The van der Waals surface area contributed by atoms with Crippen LogP contribution in [0.4, 0.5) is 0 Å². The maximum Gasteiger partial charge on any atom is 0.466 e. The first kappa shape index (κ1) is 36.9. The highest BCUT2D eigenvalue weighted by atomic mass is 31.2. The van der Waals surface area contributed by atoms with E-state index >= 15 is 0 Å². The van der Waals surface area contributed by atoms with Crippen molar-refractivity contribution in [2.75, 3.05) is 20.1 Å². The maximum absolute atomic E-state index is 12.9. The zero-order valence-electron chi connectivity index (χ0n) is 22.8. The summed E-state index contributed by atoms with van der Waals surface area (Å²) in [5, 5.41) is 6.55. The van der Waals surface area contributed by atoms with E-state index in [1.807, 2.05) is 25.2 Å². The Labute approximate surface area is 229 Å². The number of rotatable bonds is 7. The SMILES string of the molecule is CCCC(CC)(NC)c1ccc2c(c1)C(=O)c1ccccc1C2=O.CCNCC.O=P(O)(O)O.O=P(O)(O)O. The summed E-state index contributed by atoms with van der Waals surface area (Å²) in [6.07, 6.45) is 2.95. The molecule has 12 nitrogen and oxygen atoms in total. The third kappa shape index (κ3) is 13.2. The van der Waals surface area contributed by atoms with E-state index < -0.39 is 15.6 Å². The van der Waals surface area contributed by atoms with Crippen molar-refractivity contribution in [2.45, 2.75) is 52.5 Å². The van der Waals surface area contributed by atoms with Gasteiger partial charge in [-0.15, -0.1) is 0 Å². The molecular weight excluding hydrogens is 550 g/mol. The summed E-state index contributed by atoms with van der Waals surface area (Å²) in [6.45, 7) is 10.7. The Kier molecular flexibility index (Phi) is 16.0. The number of hydrogen-bond donors (Lipinski definition) is 8. The lowest BCUT2D eigenvalue weighted by Crippen LogP contribution is -2.39. The maximum atomic E-state index is 12.9. The fraction of sp³-hybridized carbons (Fsp3) is 0.440. The van der Waals surface area contributed by atoms with E-state index in [0.717, 1.165) is 37.9 Å². The van der Waals surface area contributed by atoms with Gasteiger partial charge in [-0.05, 0) is 50.7 Å². The number of nitrogens with one attached hydrogen (secondary N) is 2. The van der Waals surface area contributed by atoms with Crippen LogP contribution in [0.3, 0.4) is 0 Å². The number of fused-ring (bicyclic) bond motifs is 2. The highest BCUT2D eigenvalue weighted by molar-refractivity contribution is 7.45. The van der Waals surface area contributed by atoms with Crippen LogP contribution >= 0.6 is 15.6 Å². The lowest BCUT2D eigenvalue weighted by molar-refractivity contribution is 0.0979. The molecule has 0 radical (unpaired) electrons. The highest BCUT2D eigenvalue weighted by Gasteiger charge is 2.33. The lowest BCUT2D eigenvalue weighted by Gasteiger charge is -2.34. The fourth-order valence-electron chi connectivity index (χ4n) is 4.05. The van der Waals surface area contributed by atoms with Crippen molar-refractivity contribution in [3.05, 3.63) is 70.3 Å². The normalized spacial score (nSPS) is 13.7. The van der Waals surface area contributed by atoms with Crippen LogP contribution in [0.1, 0.15) is 84.4 Å². The molecule has 1 aliphatic carbocycles. The van der Waals surface area contributed by atoms with Crippen molar-refractivity contribution in [1.29, 1.82) is 0 Å². The molecule has 0 aromatic heterocycles. The molecule has 220 valence electrons. The molecule has 0 heterocycles. The van der Waals surface area contributed by atoms with E-state index in [9.17, 15) is 9.59 Å². The standard InChI is InChI=1S/C21H23NO2.C4H11N.2H3O4P/c1-4-12-21(5-2,22-3)14-10-11-17-18(13-14)20(24)16-9-7-6-8-15(16)19(17)23;1-3-5-4-2;2*1-5(2,3)4/h6-11,13,22H,4-5,12H2,1-3H3;5H,3-4H2,1-2H3;2*(H3,1,2,3,4). The molecule has 0 saturated carbocycles. The number of benzene rings is 2. The average molecular weight is 591 g/mol. The van der Waals surface area contributed by atoms with Crippen LogP contribution < -0.4 is 10.6 Å². The van der Waals surface area contributed by atoms with Crippen LogP contribution in [0, 0.1) is 0 Å². The first-order valence-electron chi connectivity index (χ1n) is 12.3. The fourth-order valence-corrected chi connectivity index (χ4v) is 4.05. The molecule has 14 heteroatoms. The molecule has 3 rings (SSSR count). The molecule has 1 atom stereocenters. The van der Waals surface area contributed by atoms with Gasteiger partial charge in [-0.3, -0.25) is 9.59 Å². The van der Waals surface area contributed by atoms with Gasteiger partial charge in [0.05, 0.1) is 0 Å². The van der Waals surface area contributed by atoms with Crippen molar-refractivity contribution in [3.63, 3.8) is 0 Å². The second-order valence-corrected chi connectivity index (χ2v) is 10.4. The van der Waals surface area contributed by atoms with Crippen LogP contribution in [0.25, 0.3) is 0 Å². The summed E-state index contributed by atoms with van der Waals surface area (Å²) >= 11 is 0. The molecule has 1 unspecified atom stereocenters. The third-order valence-corrected chi connectivity index (χ3v) is 5.74. The largest absolute Gasteiger partial charge is 0.466 e. The van der Waals surface area contributed by atoms with Gasteiger partial charge in [0, 0.05) is 27.8 Å². The van der Waals surface area contributed by atoms with Gasteiger partial charge in [-0.25, -0.2) is 9.13 Å². The molecule has 0 amide bonds. The second-order valence-electron chi connectivity index (χ2n) is 8.38. The number of phosphoric acid groups is 2. The van der Waals surface area contributed by atoms with Crippen LogP contribution in [0.15, 0.2) is 42.5 Å². The minimum absolute atomic E-state index is 0.0559. The molecule has 0 bridgehead atoms. The molecule has 2 aromatic carbocycles. The van der Waals surface area contributed by atoms with Crippen molar-refractivity contribution >= 4 is 27.2 Å². The number of carbonyl (C=O) groups is 2. The molecule has 0 aliphatic heterocycles. The average Bonchev–Trinajstić information content (AvgIpc) is 2.84. The minimum Gasteiger partial charge on any atom is -0.317 e. The summed E-state index contributed by atoms with van der Waals surface area (Å²) < 4.78 is 17.8. The Morgan fingerprint density at radius 3 is 1.46 bits per heavy atom. The van der Waals surface area contributed by atoms with E-state index in [4.69, 9.17) is 38.5 Å². The monoisotopic (exact) mass is 590 g/mol. The first-order chi connectivity index (χ1) is 18.0. The topological polar surface area (TPSA) is 214 Å². The predicted molar refractivity (Wildman–Crippen MR) is 148 cm³/mol. The Morgan fingerprint density at radius 1 is 0.718 bits per heavy atom. The van der Waals surface area contributed by atoms with Gasteiger partial charge < -0.3 is 40.0 Å². The lowest BCUT2D eigenvalue weighted by atomic mass is 9.78. The third-order valence-electron chi connectivity index (χ3n) is 5.74. The zero-order chi connectivity index (χ0) is 30.4. The van der Waals surface area contributed by atoms with Crippen LogP contribution in [0.5, 0.6) is 0 Å². The number of hydrogen-bond acceptors (Lipinski definition) is 6. The van der Waals surface area contributed by atoms with Crippen LogP contribution in [0.2, 0.25) is 0 Å². The van der Waals surface area contributed by atoms with Crippen molar-refractivity contribution < 1.29 is 48.1 Å². The van der Waals surface area contributed by atoms with Crippen LogP contribution in [-0.4, -0.2) is 61.1 Å². The van der Waals surface area contributed by atoms with E-state index in [1.165, 1.54) is 0 Å². The number of ketones is 2. The summed E-state index contributed by atoms with van der Waals surface area (Å²) in [4.78, 5) is 68.7. The second kappa shape index (κ2) is 16.9. The number of carbonyl (C=O) groups excluding carboxylic acids is 2. The van der Waals surface area contributed by atoms with Crippen molar-refractivity contribution in [1.82, 2.24) is 10.6 Å². The zero-order valence-corrected chi connectivity index (χ0v) is 24.6. The van der Waals surface area contributed by atoms with Crippen molar-refractivity contribution in [2.24, 2.45) is 0 Å². The van der Waals surface area contributed by atoms with E-state index in [2.05, 4.69) is 38.3 Å². The summed E-state index contributed by atoms with van der Waals surface area (Å²) in [5.74, 6) is -0.117. The Bertz CT molecular complexity index is 1130. The molecular formula is C25H40N2O10P2. The van der Waals surface area contributed by atoms with Gasteiger partial charge in [-0.1, -0.05) is 64.4 Å². The van der Waals surface area contributed by atoms with Crippen molar-refractivity contribution in [3.8, 4) is 0 Å². The molecule has 8 N–H and O–H groups in total. The molecule has 0 saturated heterocycles. The van der Waals surface area contributed by atoms with Gasteiger partial charge >= 0.3 is 15.6 Å². The van der Waals surface area contributed by atoms with Gasteiger partial charge in [0.1, 0.15) is 0 Å². The minimum atomic E-state index is -4.64. The quantitative estimate of drug-likeness (QED) is 0.187. The van der Waals surface area contributed by atoms with Gasteiger partial charge in [0.2, 0.25) is 0 Å². The highest BCUT2D eigenvalue weighted by Crippen LogP contribution is 2.34. The van der Waals surface area contributed by atoms with E-state index in [-0.39, 0.29) is 17.1 Å². The predicted octanol–water partition coefficient (Wildman–Crippen LogP) is 2.85. The molecule has 1 aliphatic rings. The Hall–Kier alpha value is -2.08. The summed E-state index contributed by atoms with van der Waals surface area (Å²) in [6, 6.07) is 12.8. The molecule has 0 fully saturated rings. The smallest absolute Gasteiger partial charge is 0.317 e. The summed E-state index contributed by atoms with van der Waals surface area (Å²) in [5.41, 5.74) is 2.97. The van der Waals surface area contributed by atoms with Gasteiger partial charge in [0.15, 0.2) is 11.6 Å². The summed E-state index contributed by atoms with van der Waals surface area (Å²) in [7, 11) is -7.32. The molecule has 2 aromatic rings. The van der Waals surface area contributed by atoms with E-state index in [0.29, 0.717) is 22.3 Å². The van der Waals surface area contributed by atoms with Gasteiger partial charge in [0.25, 0.3) is 0 Å². The molecule has 39 heavy (non-hydrogen) atoms. The Morgan fingerprint density at radius 2 is 1.13 bits per heavy atom. The first-order valence-corrected chi connectivity index (χ1v) is 15.4. The Balaban J connectivity index is 0.000000793. The van der Waals surface area contributed by atoms with Gasteiger partial charge in [-0.2, -0.15) is 0 Å². The molecule has 0 spiro atoms. The van der Waals surface area contributed by atoms with Crippen LogP contribution in [-0.2, 0) is 14.7 Å².